The largest absolute Gasteiger partial charge is 0.395 e. The zero-order valence-corrected chi connectivity index (χ0v) is 12.4. The van der Waals surface area contributed by atoms with Gasteiger partial charge in [-0.15, -0.1) is 0 Å². The first-order chi connectivity index (χ1) is 9.55. The number of rotatable bonds is 3. The summed E-state index contributed by atoms with van der Waals surface area (Å²) in [6, 6.07) is 6.69. The quantitative estimate of drug-likeness (QED) is 0.861. The highest BCUT2D eigenvalue weighted by Gasteiger charge is 2.32. The third kappa shape index (κ3) is 3.21. The second-order valence-electron chi connectivity index (χ2n) is 4.91. The summed E-state index contributed by atoms with van der Waals surface area (Å²) < 4.78 is 26.5. The van der Waals surface area contributed by atoms with Crippen molar-refractivity contribution in [2.24, 2.45) is 0 Å². The lowest BCUT2D eigenvalue weighted by atomic mass is 10.2. The number of hydrogen-bond donors (Lipinski definition) is 1. The predicted octanol–water partition coefficient (Wildman–Crippen LogP) is 1.59. The third-order valence-electron chi connectivity index (χ3n) is 3.42. The van der Waals surface area contributed by atoms with Crippen molar-refractivity contribution >= 4 is 10.0 Å². The highest BCUT2D eigenvalue weighted by atomic mass is 32.2. The molecule has 20 heavy (non-hydrogen) atoms. The van der Waals surface area contributed by atoms with E-state index < -0.39 is 10.0 Å². The molecule has 0 saturated carbocycles. The third-order valence-corrected chi connectivity index (χ3v) is 5.45. The van der Waals surface area contributed by atoms with E-state index in [0.29, 0.717) is 17.9 Å². The van der Waals surface area contributed by atoms with Gasteiger partial charge in [0, 0.05) is 24.6 Å². The van der Waals surface area contributed by atoms with Gasteiger partial charge in [0.2, 0.25) is 10.0 Å². The zero-order valence-electron chi connectivity index (χ0n) is 11.5. The highest BCUT2D eigenvalue weighted by molar-refractivity contribution is 7.89. The van der Waals surface area contributed by atoms with Crippen molar-refractivity contribution in [3.05, 3.63) is 29.8 Å². The van der Waals surface area contributed by atoms with Gasteiger partial charge in [0.1, 0.15) is 0 Å². The summed E-state index contributed by atoms with van der Waals surface area (Å²) in [4.78, 5) is 0.318. The molecule has 1 aliphatic rings. The molecule has 1 saturated heterocycles. The van der Waals surface area contributed by atoms with Gasteiger partial charge >= 0.3 is 0 Å². The van der Waals surface area contributed by atoms with E-state index in [1.165, 1.54) is 0 Å². The molecule has 108 valence electrons. The van der Waals surface area contributed by atoms with Crippen LogP contribution in [-0.4, -0.2) is 37.0 Å². The fourth-order valence-electron chi connectivity index (χ4n) is 2.33. The summed E-state index contributed by atoms with van der Waals surface area (Å²) >= 11 is 0. The monoisotopic (exact) mass is 293 g/mol. The summed E-state index contributed by atoms with van der Waals surface area (Å²) in [5.41, 5.74) is 0.756. The van der Waals surface area contributed by atoms with Crippen LogP contribution < -0.4 is 0 Å². The zero-order chi connectivity index (χ0) is 14.6. The van der Waals surface area contributed by atoms with Crippen LogP contribution in [0, 0.1) is 11.8 Å². The molecule has 5 heteroatoms. The SMILES string of the molecule is CC1CCCN1S(=O)(=O)c1ccc(C#CCCO)cc1. The molecule has 1 heterocycles. The normalized spacial score (nSPS) is 19.6. The lowest BCUT2D eigenvalue weighted by Gasteiger charge is -2.20. The maximum Gasteiger partial charge on any atom is 0.243 e. The Morgan fingerprint density at radius 3 is 2.60 bits per heavy atom. The second kappa shape index (κ2) is 6.40. The van der Waals surface area contributed by atoms with Gasteiger partial charge in [-0.25, -0.2) is 8.42 Å². The summed E-state index contributed by atoms with van der Waals surface area (Å²) in [5, 5.41) is 8.65. The van der Waals surface area contributed by atoms with E-state index in [-0.39, 0.29) is 12.6 Å². The number of benzene rings is 1. The maximum atomic E-state index is 12.5. The minimum Gasteiger partial charge on any atom is -0.395 e. The second-order valence-corrected chi connectivity index (χ2v) is 6.80. The molecule has 1 aromatic rings. The molecule has 1 N–H and O–H groups in total. The lowest BCUT2D eigenvalue weighted by Crippen LogP contribution is -2.33. The number of aliphatic hydroxyl groups excluding tert-OH is 1. The first-order valence-electron chi connectivity index (χ1n) is 6.77. The van der Waals surface area contributed by atoms with Crippen molar-refractivity contribution in [3.63, 3.8) is 0 Å². The van der Waals surface area contributed by atoms with Crippen LogP contribution >= 0.6 is 0 Å². The van der Waals surface area contributed by atoms with Crippen LogP contribution in [0.4, 0.5) is 0 Å². The Labute approximate surface area is 120 Å². The van der Waals surface area contributed by atoms with E-state index in [4.69, 9.17) is 5.11 Å². The molecule has 0 amide bonds. The maximum absolute atomic E-state index is 12.5. The molecule has 1 unspecified atom stereocenters. The molecule has 1 aliphatic heterocycles. The van der Waals surface area contributed by atoms with Gasteiger partial charge in [0.25, 0.3) is 0 Å². The molecule has 0 aliphatic carbocycles. The van der Waals surface area contributed by atoms with Crippen molar-refractivity contribution < 1.29 is 13.5 Å². The van der Waals surface area contributed by atoms with E-state index in [2.05, 4.69) is 11.8 Å². The standard InChI is InChI=1S/C15H19NO3S/c1-13-5-4-11-16(13)20(18,19)15-9-7-14(8-10-15)6-2-3-12-17/h7-10,13,17H,3-5,11-12H2,1H3. The smallest absolute Gasteiger partial charge is 0.243 e. The van der Waals surface area contributed by atoms with Crippen molar-refractivity contribution in [2.45, 2.75) is 37.1 Å². The Bertz CT molecular complexity index is 611. The minimum atomic E-state index is -3.38. The van der Waals surface area contributed by atoms with E-state index in [0.717, 1.165) is 18.4 Å². The van der Waals surface area contributed by atoms with Crippen LogP contribution in [-0.2, 0) is 10.0 Å². The molecule has 4 nitrogen and oxygen atoms in total. The molecule has 0 bridgehead atoms. The Hall–Kier alpha value is -1.35. The number of nitrogens with zero attached hydrogens (tertiary/aromatic N) is 1. The molecule has 0 spiro atoms. The van der Waals surface area contributed by atoms with E-state index in [1.807, 2.05) is 6.92 Å². The van der Waals surface area contributed by atoms with Gasteiger partial charge in [-0.05, 0) is 44.0 Å². The van der Waals surface area contributed by atoms with Gasteiger partial charge in [-0.2, -0.15) is 4.31 Å². The Kier molecular flexibility index (Phi) is 4.81. The van der Waals surface area contributed by atoms with E-state index in [9.17, 15) is 8.42 Å². The molecule has 1 aromatic carbocycles. The van der Waals surface area contributed by atoms with Crippen molar-refractivity contribution in [3.8, 4) is 11.8 Å². The summed E-state index contributed by atoms with van der Waals surface area (Å²) in [5.74, 6) is 5.70. The average molecular weight is 293 g/mol. The molecule has 0 aromatic heterocycles. The van der Waals surface area contributed by atoms with Gasteiger partial charge < -0.3 is 5.11 Å². The van der Waals surface area contributed by atoms with Crippen LogP contribution in [0.3, 0.4) is 0 Å². The van der Waals surface area contributed by atoms with Crippen LogP contribution in [0.1, 0.15) is 31.7 Å². The summed E-state index contributed by atoms with van der Waals surface area (Å²) in [6.07, 6.45) is 2.26. The van der Waals surface area contributed by atoms with Crippen molar-refractivity contribution in [1.82, 2.24) is 4.31 Å². The van der Waals surface area contributed by atoms with Crippen LogP contribution in [0.25, 0.3) is 0 Å². The summed E-state index contributed by atoms with van der Waals surface area (Å²) in [7, 11) is -3.38. The number of sulfonamides is 1. The molecular weight excluding hydrogens is 274 g/mol. The van der Waals surface area contributed by atoms with Crippen LogP contribution in [0.2, 0.25) is 0 Å². The number of hydrogen-bond acceptors (Lipinski definition) is 3. The fraction of sp³-hybridized carbons (Fsp3) is 0.467. The highest BCUT2D eigenvalue weighted by Crippen LogP contribution is 2.25. The fourth-order valence-corrected chi connectivity index (χ4v) is 4.03. The topological polar surface area (TPSA) is 57.6 Å². The minimum absolute atomic E-state index is 0.0340. The van der Waals surface area contributed by atoms with Crippen LogP contribution in [0.15, 0.2) is 29.2 Å². The molecule has 0 radical (unpaired) electrons. The van der Waals surface area contributed by atoms with Gasteiger partial charge in [0.15, 0.2) is 0 Å². The average Bonchev–Trinajstić information content (AvgIpc) is 2.87. The first kappa shape index (κ1) is 15.0. The van der Waals surface area contributed by atoms with E-state index in [1.54, 1.807) is 28.6 Å². The lowest BCUT2D eigenvalue weighted by molar-refractivity contribution is 0.305. The molecule has 2 rings (SSSR count). The Balaban J connectivity index is 2.19. The molecule has 1 atom stereocenters. The van der Waals surface area contributed by atoms with Crippen molar-refractivity contribution in [1.29, 1.82) is 0 Å². The van der Waals surface area contributed by atoms with Gasteiger partial charge in [-0.3, -0.25) is 0 Å². The molecular formula is C15H19NO3S. The Morgan fingerprint density at radius 2 is 2.05 bits per heavy atom. The Morgan fingerprint density at radius 1 is 1.35 bits per heavy atom. The van der Waals surface area contributed by atoms with Gasteiger partial charge in [0.05, 0.1) is 11.5 Å². The molecule has 1 fully saturated rings. The first-order valence-corrected chi connectivity index (χ1v) is 8.21. The number of aliphatic hydroxyl groups is 1. The van der Waals surface area contributed by atoms with E-state index >= 15 is 0 Å². The van der Waals surface area contributed by atoms with Crippen LogP contribution in [0.5, 0.6) is 0 Å². The van der Waals surface area contributed by atoms with Gasteiger partial charge in [-0.1, -0.05) is 11.8 Å². The van der Waals surface area contributed by atoms with Crippen molar-refractivity contribution in [2.75, 3.05) is 13.2 Å². The summed E-state index contributed by atoms with van der Waals surface area (Å²) in [6.45, 7) is 2.58. The predicted molar refractivity (Wildman–Crippen MR) is 77.6 cm³/mol.